The minimum Gasteiger partial charge on any atom is -0.760 e. The zero-order chi connectivity index (χ0) is 17.7. The molecule has 0 saturated carbocycles. The van der Waals surface area contributed by atoms with Crippen molar-refractivity contribution in [2.75, 3.05) is 7.11 Å². The quantitative estimate of drug-likeness (QED) is 0.593. The summed E-state index contributed by atoms with van der Waals surface area (Å²) in [4.78, 5) is 11.4. The summed E-state index contributed by atoms with van der Waals surface area (Å²) >= 11 is -2.51. The molecule has 0 spiro atoms. The highest BCUT2D eigenvalue weighted by molar-refractivity contribution is 7.76. The van der Waals surface area contributed by atoms with Gasteiger partial charge < -0.3 is 9.29 Å². The van der Waals surface area contributed by atoms with E-state index < -0.39 is 23.1 Å². The summed E-state index contributed by atoms with van der Waals surface area (Å²) in [6.07, 6.45) is 0. The fraction of sp³-hybridized carbons (Fsp3) is 0.235. The van der Waals surface area contributed by atoms with Crippen molar-refractivity contribution >= 4 is 17.2 Å². The van der Waals surface area contributed by atoms with Crippen molar-refractivity contribution in [2.45, 2.75) is 20.0 Å². The normalized spacial score (nSPS) is 12.2. The van der Waals surface area contributed by atoms with Crippen molar-refractivity contribution in [3.63, 3.8) is 0 Å². The SMILES string of the molecule is COC(=O)c1ccc(CN(Cc2ccc(C)cc2)S(=O)[O-])c(F)c1. The summed E-state index contributed by atoms with van der Waals surface area (Å²) in [5, 5.41) is 0. The Labute approximate surface area is 142 Å². The zero-order valence-corrected chi connectivity index (χ0v) is 14.1. The molecule has 1 atom stereocenters. The fourth-order valence-corrected chi connectivity index (χ4v) is 2.67. The Morgan fingerprint density at radius 3 is 2.42 bits per heavy atom. The molecule has 128 valence electrons. The largest absolute Gasteiger partial charge is 0.760 e. The molecule has 7 heteroatoms. The van der Waals surface area contributed by atoms with Crippen molar-refractivity contribution in [3.05, 3.63) is 70.5 Å². The van der Waals surface area contributed by atoms with Gasteiger partial charge in [0.2, 0.25) is 0 Å². The number of hydrogen-bond donors (Lipinski definition) is 0. The molecular formula is C17H17FNO4S-. The topological polar surface area (TPSA) is 69.7 Å². The first-order valence-corrected chi connectivity index (χ1v) is 8.20. The third-order valence-corrected chi connectivity index (χ3v) is 4.19. The van der Waals surface area contributed by atoms with Gasteiger partial charge in [0.05, 0.1) is 12.7 Å². The van der Waals surface area contributed by atoms with E-state index in [1.807, 2.05) is 31.2 Å². The van der Waals surface area contributed by atoms with E-state index in [1.165, 1.54) is 19.2 Å². The first-order chi connectivity index (χ1) is 11.4. The molecule has 2 aromatic rings. The van der Waals surface area contributed by atoms with E-state index in [-0.39, 0.29) is 24.2 Å². The van der Waals surface area contributed by atoms with Gasteiger partial charge >= 0.3 is 5.97 Å². The van der Waals surface area contributed by atoms with Crippen LogP contribution in [-0.2, 0) is 29.1 Å². The van der Waals surface area contributed by atoms with E-state index in [9.17, 15) is 17.9 Å². The van der Waals surface area contributed by atoms with Crippen LogP contribution in [0.15, 0.2) is 42.5 Å². The number of nitrogens with zero attached hydrogens (tertiary/aromatic N) is 1. The van der Waals surface area contributed by atoms with Crippen LogP contribution < -0.4 is 0 Å². The summed E-state index contributed by atoms with van der Waals surface area (Å²) in [6, 6.07) is 11.2. The minimum absolute atomic E-state index is 0.0760. The molecule has 0 N–H and O–H groups in total. The van der Waals surface area contributed by atoms with Crippen LogP contribution in [-0.4, -0.2) is 26.1 Å². The molecule has 0 fully saturated rings. The van der Waals surface area contributed by atoms with Gasteiger partial charge in [-0.1, -0.05) is 35.9 Å². The van der Waals surface area contributed by atoms with Crippen LogP contribution in [0.1, 0.15) is 27.0 Å². The third-order valence-electron chi connectivity index (χ3n) is 3.51. The van der Waals surface area contributed by atoms with Gasteiger partial charge in [0.1, 0.15) is 5.82 Å². The highest BCUT2D eigenvalue weighted by Gasteiger charge is 2.14. The van der Waals surface area contributed by atoms with E-state index in [2.05, 4.69) is 4.74 Å². The van der Waals surface area contributed by atoms with E-state index in [0.29, 0.717) is 0 Å². The van der Waals surface area contributed by atoms with Crippen LogP contribution in [0, 0.1) is 12.7 Å². The molecule has 2 aromatic carbocycles. The third kappa shape index (κ3) is 4.70. The molecule has 24 heavy (non-hydrogen) atoms. The van der Waals surface area contributed by atoms with E-state index in [4.69, 9.17) is 0 Å². The number of methoxy groups -OCH3 is 1. The summed E-state index contributed by atoms with van der Waals surface area (Å²) < 4.78 is 42.6. The molecule has 0 heterocycles. The predicted molar refractivity (Wildman–Crippen MR) is 87.1 cm³/mol. The second-order valence-electron chi connectivity index (χ2n) is 5.30. The summed E-state index contributed by atoms with van der Waals surface area (Å²) in [6.45, 7) is 1.94. The lowest BCUT2D eigenvalue weighted by molar-refractivity contribution is 0.0600. The Morgan fingerprint density at radius 2 is 1.88 bits per heavy atom. The highest BCUT2D eigenvalue weighted by Crippen LogP contribution is 2.17. The van der Waals surface area contributed by atoms with Crippen molar-refractivity contribution in [3.8, 4) is 0 Å². The molecule has 0 aromatic heterocycles. The van der Waals surface area contributed by atoms with Gasteiger partial charge in [-0.15, -0.1) is 0 Å². The molecule has 0 bridgehead atoms. The van der Waals surface area contributed by atoms with E-state index >= 15 is 0 Å². The number of carbonyl (C=O) groups is 1. The Morgan fingerprint density at radius 1 is 1.21 bits per heavy atom. The van der Waals surface area contributed by atoms with Crippen molar-refractivity contribution in [2.24, 2.45) is 0 Å². The second-order valence-corrected chi connectivity index (χ2v) is 6.25. The molecule has 0 aliphatic carbocycles. The van der Waals surface area contributed by atoms with Gasteiger partial charge in [-0.3, -0.25) is 4.21 Å². The van der Waals surface area contributed by atoms with Crippen LogP contribution >= 0.6 is 0 Å². The van der Waals surface area contributed by atoms with Crippen LogP contribution in [0.2, 0.25) is 0 Å². The molecule has 0 radical (unpaired) electrons. The monoisotopic (exact) mass is 350 g/mol. The summed E-state index contributed by atoms with van der Waals surface area (Å²) in [5.74, 6) is -1.30. The van der Waals surface area contributed by atoms with Gasteiger partial charge in [0.15, 0.2) is 0 Å². The second kappa shape index (κ2) is 8.14. The molecule has 0 saturated heterocycles. The first-order valence-electron chi connectivity index (χ1n) is 7.17. The standard InChI is InChI=1S/C17H18FNO4S/c1-12-3-5-13(6-4-12)10-19(24(21)22)11-15-8-7-14(9-16(15)18)17(20)23-2/h3-9H,10-11H2,1-2H3,(H,21,22)/p-1. The Bertz CT molecular complexity index is 749. The maximum Gasteiger partial charge on any atom is 0.337 e. The van der Waals surface area contributed by atoms with Crippen molar-refractivity contribution < 1.29 is 22.7 Å². The van der Waals surface area contributed by atoms with Crippen LogP contribution in [0.25, 0.3) is 0 Å². The van der Waals surface area contributed by atoms with Crippen molar-refractivity contribution in [1.29, 1.82) is 0 Å². The maximum absolute atomic E-state index is 14.1. The highest BCUT2D eigenvalue weighted by atomic mass is 32.2. The van der Waals surface area contributed by atoms with Crippen molar-refractivity contribution in [1.82, 2.24) is 4.31 Å². The van der Waals surface area contributed by atoms with E-state index in [0.717, 1.165) is 21.5 Å². The number of hydrogen-bond acceptors (Lipinski definition) is 4. The van der Waals surface area contributed by atoms with Gasteiger partial charge in [0.25, 0.3) is 0 Å². The number of carbonyl (C=O) groups excluding carboxylic acids is 1. The summed E-state index contributed by atoms with van der Waals surface area (Å²) in [5.41, 5.74) is 2.13. The van der Waals surface area contributed by atoms with Crippen LogP contribution in [0.3, 0.4) is 0 Å². The van der Waals surface area contributed by atoms with Crippen LogP contribution in [0.4, 0.5) is 4.39 Å². The summed E-state index contributed by atoms with van der Waals surface area (Å²) in [7, 11) is 1.21. The Hall–Kier alpha value is -2.09. The number of aryl methyl sites for hydroxylation is 1. The molecular weight excluding hydrogens is 333 g/mol. The number of benzene rings is 2. The average molecular weight is 350 g/mol. The lowest BCUT2D eigenvalue weighted by atomic mass is 10.1. The number of ether oxygens (including phenoxy) is 1. The molecule has 2 rings (SSSR count). The lowest BCUT2D eigenvalue weighted by Crippen LogP contribution is -2.25. The Kier molecular flexibility index (Phi) is 6.19. The molecule has 1 unspecified atom stereocenters. The maximum atomic E-state index is 14.1. The lowest BCUT2D eigenvalue weighted by Gasteiger charge is -2.24. The first kappa shape index (κ1) is 18.3. The number of rotatable bonds is 6. The minimum atomic E-state index is -2.51. The van der Waals surface area contributed by atoms with Crippen LogP contribution in [0.5, 0.6) is 0 Å². The fourth-order valence-electron chi connectivity index (χ4n) is 2.17. The molecule has 0 amide bonds. The van der Waals surface area contributed by atoms with Gasteiger partial charge in [-0.2, -0.15) is 0 Å². The predicted octanol–water partition coefficient (Wildman–Crippen LogP) is 2.72. The number of halogens is 1. The average Bonchev–Trinajstić information content (AvgIpc) is 2.56. The van der Waals surface area contributed by atoms with E-state index in [1.54, 1.807) is 0 Å². The van der Waals surface area contributed by atoms with Gasteiger partial charge in [-0.25, -0.2) is 13.5 Å². The number of esters is 1. The zero-order valence-electron chi connectivity index (χ0n) is 13.3. The molecule has 5 nitrogen and oxygen atoms in total. The molecule has 0 aliphatic rings. The molecule has 0 aliphatic heterocycles. The Balaban J connectivity index is 2.17. The van der Waals surface area contributed by atoms with Gasteiger partial charge in [0, 0.05) is 29.9 Å². The van der Waals surface area contributed by atoms with Gasteiger partial charge in [-0.05, 0) is 24.6 Å². The smallest absolute Gasteiger partial charge is 0.337 e.